The molecule has 1 N–H and O–H groups in total. The molecule has 0 radical (unpaired) electrons. The summed E-state index contributed by atoms with van der Waals surface area (Å²) >= 11 is 0. The third-order valence-electron chi connectivity index (χ3n) is 4.10. The van der Waals surface area contributed by atoms with E-state index in [1.807, 2.05) is 17.8 Å². The molecule has 1 amide bonds. The number of rotatable bonds is 5. The number of hydrogen-bond donors (Lipinski definition) is 1. The van der Waals surface area contributed by atoms with E-state index in [0.29, 0.717) is 11.6 Å². The van der Waals surface area contributed by atoms with Gasteiger partial charge >= 0.3 is 0 Å². The van der Waals surface area contributed by atoms with Gasteiger partial charge in [0.05, 0.1) is 24.1 Å². The van der Waals surface area contributed by atoms with Crippen molar-refractivity contribution >= 4 is 5.91 Å². The van der Waals surface area contributed by atoms with E-state index in [1.54, 1.807) is 20.0 Å². The molecule has 3 rings (SSSR count). The molecule has 0 bridgehead atoms. The topological polar surface area (TPSA) is 82.2 Å². The second kappa shape index (κ2) is 6.44. The molecule has 0 saturated heterocycles. The van der Waals surface area contributed by atoms with Crippen molar-refractivity contribution in [2.75, 3.05) is 0 Å². The van der Waals surface area contributed by atoms with Gasteiger partial charge in [0.25, 0.3) is 5.91 Å². The van der Waals surface area contributed by atoms with Gasteiger partial charge in [-0.2, -0.15) is 5.10 Å². The second-order valence-electron chi connectivity index (χ2n) is 5.85. The van der Waals surface area contributed by atoms with Crippen LogP contribution in [0.15, 0.2) is 16.8 Å². The van der Waals surface area contributed by atoms with Gasteiger partial charge in [-0.15, -0.1) is 0 Å². The highest BCUT2D eigenvalue weighted by Gasteiger charge is 2.32. The summed E-state index contributed by atoms with van der Waals surface area (Å²) in [6.07, 6.45) is 6.37. The summed E-state index contributed by atoms with van der Waals surface area (Å²) in [5.41, 5.74) is 0.611. The van der Waals surface area contributed by atoms with Gasteiger partial charge in [-0.25, -0.2) is 4.98 Å². The summed E-state index contributed by atoms with van der Waals surface area (Å²) in [5, 5.41) is 7.22. The summed E-state index contributed by atoms with van der Waals surface area (Å²) < 4.78 is 13.2. The Morgan fingerprint density at radius 1 is 1.48 bits per heavy atom. The molecule has 2 atom stereocenters. The Bertz CT molecular complexity index is 691. The molecule has 1 aliphatic rings. The number of carbonyl (C=O) groups is 1. The molecule has 0 unspecified atom stereocenters. The highest BCUT2D eigenvalue weighted by Crippen LogP contribution is 2.25. The van der Waals surface area contributed by atoms with Crippen LogP contribution in [0.4, 0.5) is 0 Å². The fourth-order valence-corrected chi connectivity index (χ4v) is 2.96. The van der Waals surface area contributed by atoms with Crippen LogP contribution in [-0.2, 0) is 6.54 Å². The normalized spacial score (nSPS) is 20.7. The first-order valence-corrected chi connectivity index (χ1v) is 8.01. The van der Waals surface area contributed by atoms with Crippen molar-refractivity contribution in [1.29, 1.82) is 0 Å². The lowest BCUT2D eigenvalue weighted by atomic mass is 10.2. The predicted octanol–water partition coefficient (Wildman–Crippen LogP) is 2.24. The van der Waals surface area contributed by atoms with Crippen LogP contribution >= 0.6 is 0 Å². The van der Waals surface area contributed by atoms with Gasteiger partial charge < -0.3 is 14.5 Å². The van der Waals surface area contributed by atoms with Crippen molar-refractivity contribution in [3.05, 3.63) is 29.7 Å². The minimum atomic E-state index is -0.229. The van der Waals surface area contributed by atoms with Crippen LogP contribution in [-0.4, -0.2) is 32.8 Å². The lowest BCUT2D eigenvalue weighted by molar-refractivity contribution is 0.0864. The van der Waals surface area contributed by atoms with E-state index >= 15 is 0 Å². The molecular weight excluding hydrogens is 296 g/mol. The van der Waals surface area contributed by atoms with Crippen LogP contribution in [0.3, 0.4) is 0 Å². The van der Waals surface area contributed by atoms with Crippen molar-refractivity contribution in [3.8, 4) is 5.75 Å². The Morgan fingerprint density at radius 3 is 2.96 bits per heavy atom. The van der Waals surface area contributed by atoms with Crippen LogP contribution in [0.2, 0.25) is 0 Å². The molecule has 7 heteroatoms. The van der Waals surface area contributed by atoms with E-state index in [4.69, 9.17) is 9.15 Å². The standard InChI is InChI=1S/C16H22N4O3/c1-4-20-9-12(8-17-20)23-14-7-5-6-13(14)19-16(21)15-10(2)18-11(3)22-15/h8-9,13-14H,4-7H2,1-3H3,(H,19,21)/t13-,14+/m0/s1. The quantitative estimate of drug-likeness (QED) is 0.914. The van der Waals surface area contributed by atoms with Gasteiger partial charge in [0.2, 0.25) is 5.76 Å². The zero-order valence-electron chi connectivity index (χ0n) is 13.7. The molecule has 23 heavy (non-hydrogen) atoms. The zero-order valence-corrected chi connectivity index (χ0v) is 13.7. The van der Waals surface area contributed by atoms with Gasteiger partial charge in [0.15, 0.2) is 11.6 Å². The Hall–Kier alpha value is -2.31. The fourth-order valence-electron chi connectivity index (χ4n) is 2.96. The van der Waals surface area contributed by atoms with E-state index < -0.39 is 0 Å². The predicted molar refractivity (Wildman–Crippen MR) is 83.4 cm³/mol. The Morgan fingerprint density at radius 2 is 2.30 bits per heavy atom. The van der Waals surface area contributed by atoms with Crippen LogP contribution in [0.1, 0.15) is 48.3 Å². The van der Waals surface area contributed by atoms with Crippen molar-refractivity contribution in [2.45, 2.75) is 58.7 Å². The number of hydrogen-bond acceptors (Lipinski definition) is 5. The van der Waals surface area contributed by atoms with Crippen molar-refractivity contribution in [1.82, 2.24) is 20.1 Å². The van der Waals surface area contributed by atoms with E-state index in [2.05, 4.69) is 15.4 Å². The van der Waals surface area contributed by atoms with Crippen LogP contribution < -0.4 is 10.1 Å². The van der Waals surface area contributed by atoms with Crippen molar-refractivity contribution < 1.29 is 13.9 Å². The number of amides is 1. The first-order chi connectivity index (χ1) is 11.1. The van der Waals surface area contributed by atoms with E-state index in [0.717, 1.165) is 31.6 Å². The Labute approximate surface area is 135 Å². The van der Waals surface area contributed by atoms with E-state index in [-0.39, 0.29) is 23.8 Å². The molecule has 0 aliphatic heterocycles. The molecular formula is C16H22N4O3. The first kappa shape index (κ1) is 15.6. The van der Waals surface area contributed by atoms with Gasteiger partial charge in [0.1, 0.15) is 6.10 Å². The zero-order chi connectivity index (χ0) is 16.4. The van der Waals surface area contributed by atoms with Crippen LogP contribution in [0.25, 0.3) is 0 Å². The van der Waals surface area contributed by atoms with Crippen LogP contribution in [0.5, 0.6) is 5.75 Å². The molecule has 1 fully saturated rings. The monoisotopic (exact) mass is 318 g/mol. The molecule has 1 aliphatic carbocycles. The summed E-state index contributed by atoms with van der Waals surface area (Å²) in [6, 6.07) is -0.0303. The largest absolute Gasteiger partial charge is 0.485 e. The Kier molecular flexibility index (Phi) is 4.36. The summed E-state index contributed by atoms with van der Waals surface area (Å²) in [6.45, 7) is 6.33. The highest BCUT2D eigenvalue weighted by molar-refractivity contribution is 5.92. The average molecular weight is 318 g/mol. The maximum absolute atomic E-state index is 12.4. The van der Waals surface area contributed by atoms with E-state index in [1.165, 1.54) is 0 Å². The molecule has 2 heterocycles. The van der Waals surface area contributed by atoms with Gasteiger partial charge in [0, 0.05) is 13.5 Å². The number of oxazole rings is 1. The van der Waals surface area contributed by atoms with Gasteiger partial charge in [-0.1, -0.05) is 0 Å². The van der Waals surface area contributed by atoms with Gasteiger partial charge in [-0.05, 0) is 33.1 Å². The molecule has 1 saturated carbocycles. The molecule has 124 valence electrons. The number of aryl methyl sites for hydroxylation is 3. The number of nitrogens with zero attached hydrogens (tertiary/aromatic N) is 3. The van der Waals surface area contributed by atoms with E-state index in [9.17, 15) is 4.79 Å². The molecule has 7 nitrogen and oxygen atoms in total. The number of carbonyl (C=O) groups excluding carboxylic acids is 1. The Balaban J connectivity index is 1.64. The second-order valence-corrected chi connectivity index (χ2v) is 5.85. The third-order valence-corrected chi connectivity index (χ3v) is 4.10. The highest BCUT2D eigenvalue weighted by atomic mass is 16.5. The maximum atomic E-state index is 12.4. The van der Waals surface area contributed by atoms with Crippen molar-refractivity contribution in [3.63, 3.8) is 0 Å². The first-order valence-electron chi connectivity index (χ1n) is 8.01. The lowest BCUT2D eigenvalue weighted by Gasteiger charge is -2.21. The number of nitrogens with one attached hydrogen (secondary N) is 1. The molecule has 2 aromatic rings. The third kappa shape index (κ3) is 3.38. The molecule has 2 aromatic heterocycles. The van der Waals surface area contributed by atoms with Crippen molar-refractivity contribution in [2.24, 2.45) is 0 Å². The number of aromatic nitrogens is 3. The minimum absolute atomic E-state index is 0.0303. The SMILES string of the molecule is CCn1cc(O[C@@H]2CCC[C@@H]2NC(=O)c2oc(C)nc2C)cn1. The maximum Gasteiger partial charge on any atom is 0.289 e. The van der Waals surface area contributed by atoms with Gasteiger partial charge in [-0.3, -0.25) is 9.48 Å². The summed E-state index contributed by atoms with van der Waals surface area (Å²) in [5.74, 6) is 1.29. The summed E-state index contributed by atoms with van der Waals surface area (Å²) in [7, 11) is 0. The molecule has 0 aromatic carbocycles. The molecule has 0 spiro atoms. The summed E-state index contributed by atoms with van der Waals surface area (Å²) in [4.78, 5) is 16.5. The lowest BCUT2D eigenvalue weighted by Crippen LogP contribution is -2.42. The minimum Gasteiger partial charge on any atom is -0.485 e. The smallest absolute Gasteiger partial charge is 0.289 e. The van der Waals surface area contributed by atoms with Crippen LogP contribution in [0, 0.1) is 13.8 Å². The fraction of sp³-hybridized carbons (Fsp3) is 0.562. The number of ether oxygens (including phenoxy) is 1. The average Bonchev–Trinajstić information content (AvgIpc) is 3.21.